The van der Waals surface area contributed by atoms with E-state index in [4.69, 9.17) is 9.84 Å². The summed E-state index contributed by atoms with van der Waals surface area (Å²) in [4.78, 5) is 22.4. The second kappa shape index (κ2) is 5.84. The minimum Gasteiger partial charge on any atom is -0.481 e. The molecule has 0 spiro atoms. The van der Waals surface area contributed by atoms with Crippen molar-refractivity contribution in [3.8, 4) is 0 Å². The zero-order valence-electron chi connectivity index (χ0n) is 10.5. The number of nitrogens with one attached hydrogen (secondary N) is 1. The number of carboxylic acid groups (broad SMARTS) is 1. The van der Waals surface area contributed by atoms with Crippen molar-refractivity contribution in [2.24, 2.45) is 5.92 Å². The largest absolute Gasteiger partial charge is 0.481 e. The first-order valence-corrected chi connectivity index (χ1v) is 5.29. The Morgan fingerprint density at radius 3 is 2.19 bits per heavy atom. The number of carbonyl (C=O) groups is 2. The van der Waals surface area contributed by atoms with Crippen LogP contribution in [0.2, 0.25) is 0 Å². The fourth-order valence-electron chi connectivity index (χ4n) is 1.20. The van der Waals surface area contributed by atoms with Gasteiger partial charge in [-0.05, 0) is 19.8 Å². The average Bonchev–Trinajstić information content (AvgIpc) is 2.14. The van der Waals surface area contributed by atoms with Crippen LogP contribution >= 0.6 is 0 Å². The quantitative estimate of drug-likeness (QED) is 0.715. The fraction of sp³-hybridized carbons (Fsp3) is 0.818. The van der Waals surface area contributed by atoms with Crippen molar-refractivity contribution in [2.75, 3.05) is 7.11 Å². The second-order valence-corrected chi connectivity index (χ2v) is 4.51. The minimum atomic E-state index is -0.929. The first kappa shape index (κ1) is 14.9. The van der Waals surface area contributed by atoms with Crippen molar-refractivity contribution < 1.29 is 19.4 Å². The summed E-state index contributed by atoms with van der Waals surface area (Å²) in [5.74, 6) is -1.20. The molecule has 0 fully saturated rings. The fourth-order valence-corrected chi connectivity index (χ4v) is 1.20. The van der Waals surface area contributed by atoms with E-state index >= 15 is 0 Å². The summed E-state index contributed by atoms with van der Waals surface area (Å²) in [6.07, 6.45) is -0.681. The molecule has 0 heterocycles. The van der Waals surface area contributed by atoms with Gasteiger partial charge in [-0.15, -0.1) is 0 Å². The molecule has 0 aromatic heterocycles. The van der Waals surface area contributed by atoms with E-state index in [0.717, 1.165) is 0 Å². The van der Waals surface area contributed by atoms with Gasteiger partial charge in [0.15, 0.2) is 0 Å². The summed E-state index contributed by atoms with van der Waals surface area (Å²) in [5.41, 5.74) is -0.754. The monoisotopic (exact) mass is 231 g/mol. The van der Waals surface area contributed by atoms with Gasteiger partial charge in [0.2, 0.25) is 5.91 Å². The van der Waals surface area contributed by atoms with Crippen LogP contribution in [0.4, 0.5) is 0 Å². The van der Waals surface area contributed by atoms with Gasteiger partial charge in [0.1, 0.15) is 6.10 Å². The molecule has 94 valence electrons. The van der Waals surface area contributed by atoms with Gasteiger partial charge in [0.05, 0.1) is 12.0 Å². The summed E-state index contributed by atoms with van der Waals surface area (Å²) in [5, 5.41) is 11.6. The van der Waals surface area contributed by atoms with E-state index in [-0.39, 0.29) is 18.2 Å². The van der Waals surface area contributed by atoms with Gasteiger partial charge in [-0.25, -0.2) is 0 Å². The number of hydrogen-bond acceptors (Lipinski definition) is 3. The van der Waals surface area contributed by atoms with E-state index in [1.807, 2.05) is 13.8 Å². The minimum absolute atomic E-state index is 0.0246. The van der Waals surface area contributed by atoms with Crippen LogP contribution in [0.25, 0.3) is 0 Å². The lowest BCUT2D eigenvalue weighted by atomic mass is 9.85. The van der Waals surface area contributed by atoms with Crippen LogP contribution in [0.3, 0.4) is 0 Å². The Hall–Kier alpha value is -1.10. The molecular weight excluding hydrogens is 210 g/mol. The van der Waals surface area contributed by atoms with Crippen molar-refractivity contribution in [1.82, 2.24) is 5.32 Å². The summed E-state index contributed by atoms with van der Waals surface area (Å²) in [6.45, 7) is 7.10. The number of carbonyl (C=O) groups excluding carboxylic acids is 1. The molecule has 0 aromatic rings. The molecule has 5 nitrogen and oxygen atoms in total. The normalized spacial score (nSPS) is 16.6. The van der Waals surface area contributed by atoms with Gasteiger partial charge in [-0.2, -0.15) is 0 Å². The molecule has 0 aromatic carbocycles. The maximum Gasteiger partial charge on any atom is 0.305 e. The Morgan fingerprint density at radius 1 is 1.38 bits per heavy atom. The lowest BCUT2D eigenvalue weighted by molar-refractivity contribution is -0.140. The van der Waals surface area contributed by atoms with Crippen molar-refractivity contribution in [2.45, 2.75) is 45.8 Å². The third-order valence-electron chi connectivity index (χ3n) is 2.92. The van der Waals surface area contributed by atoms with Crippen molar-refractivity contribution >= 4 is 11.9 Å². The molecule has 0 aliphatic rings. The summed E-state index contributed by atoms with van der Waals surface area (Å²) >= 11 is 0. The molecule has 0 aliphatic carbocycles. The van der Waals surface area contributed by atoms with E-state index < -0.39 is 17.6 Å². The van der Waals surface area contributed by atoms with Crippen LogP contribution in [-0.4, -0.2) is 35.7 Å². The predicted molar refractivity (Wildman–Crippen MR) is 60.1 cm³/mol. The summed E-state index contributed by atoms with van der Waals surface area (Å²) in [7, 11) is 1.44. The molecule has 0 saturated carbocycles. The Morgan fingerprint density at radius 2 is 1.88 bits per heavy atom. The molecule has 5 heteroatoms. The van der Waals surface area contributed by atoms with Crippen LogP contribution in [0.1, 0.15) is 34.1 Å². The van der Waals surface area contributed by atoms with E-state index in [1.54, 1.807) is 13.8 Å². The Bertz CT molecular complexity index is 265. The first-order chi connectivity index (χ1) is 7.23. The summed E-state index contributed by atoms with van der Waals surface area (Å²) in [6, 6.07) is 0. The van der Waals surface area contributed by atoms with Crippen molar-refractivity contribution in [1.29, 1.82) is 0 Å². The van der Waals surface area contributed by atoms with E-state index in [9.17, 15) is 9.59 Å². The van der Waals surface area contributed by atoms with Crippen molar-refractivity contribution in [3.63, 3.8) is 0 Å². The van der Waals surface area contributed by atoms with Gasteiger partial charge in [-0.3, -0.25) is 9.59 Å². The standard InChI is InChI=1S/C11H21NO4/c1-7(2)11(4,6-9(13)14)12-10(15)8(3)16-5/h7-8H,6H2,1-5H3,(H,12,15)(H,13,14). The topological polar surface area (TPSA) is 75.6 Å². The van der Waals surface area contributed by atoms with Crippen molar-refractivity contribution in [3.05, 3.63) is 0 Å². The second-order valence-electron chi connectivity index (χ2n) is 4.51. The van der Waals surface area contributed by atoms with E-state index in [1.165, 1.54) is 7.11 Å². The lowest BCUT2D eigenvalue weighted by Gasteiger charge is -2.34. The van der Waals surface area contributed by atoms with Gasteiger partial charge < -0.3 is 15.2 Å². The van der Waals surface area contributed by atoms with Crippen LogP contribution in [0.5, 0.6) is 0 Å². The third-order valence-corrected chi connectivity index (χ3v) is 2.92. The van der Waals surface area contributed by atoms with Gasteiger partial charge >= 0.3 is 5.97 Å². The zero-order valence-corrected chi connectivity index (χ0v) is 10.5. The predicted octanol–water partition coefficient (Wildman–Crippen LogP) is 1.03. The van der Waals surface area contributed by atoms with Crippen LogP contribution in [-0.2, 0) is 14.3 Å². The highest BCUT2D eigenvalue weighted by Crippen LogP contribution is 2.21. The third kappa shape index (κ3) is 4.18. The number of rotatable bonds is 6. The van der Waals surface area contributed by atoms with Crippen LogP contribution in [0.15, 0.2) is 0 Å². The molecule has 2 atom stereocenters. The van der Waals surface area contributed by atoms with E-state index in [2.05, 4.69) is 5.32 Å². The maximum atomic E-state index is 11.6. The SMILES string of the molecule is COC(C)C(=O)NC(C)(CC(=O)O)C(C)C. The molecule has 1 amide bonds. The Balaban J connectivity index is 4.68. The number of ether oxygens (including phenoxy) is 1. The van der Waals surface area contributed by atoms with Gasteiger partial charge in [0, 0.05) is 7.11 Å². The lowest BCUT2D eigenvalue weighted by Crippen LogP contribution is -2.53. The van der Waals surface area contributed by atoms with Gasteiger partial charge in [0.25, 0.3) is 0 Å². The molecule has 0 aliphatic heterocycles. The Labute approximate surface area is 96.2 Å². The van der Waals surface area contributed by atoms with Crippen LogP contribution in [0, 0.1) is 5.92 Å². The summed E-state index contributed by atoms with van der Waals surface area (Å²) < 4.78 is 4.88. The molecule has 0 rings (SSSR count). The molecular formula is C11H21NO4. The average molecular weight is 231 g/mol. The number of amides is 1. The highest BCUT2D eigenvalue weighted by molar-refractivity contribution is 5.82. The molecule has 2 unspecified atom stereocenters. The molecule has 0 saturated heterocycles. The molecule has 0 bridgehead atoms. The molecule has 2 N–H and O–H groups in total. The van der Waals surface area contributed by atoms with Gasteiger partial charge in [-0.1, -0.05) is 13.8 Å². The zero-order chi connectivity index (χ0) is 12.9. The maximum absolute atomic E-state index is 11.6. The van der Waals surface area contributed by atoms with E-state index in [0.29, 0.717) is 0 Å². The van der Waals surface area contributed by atoms with Crippen LogP contribution < -0.4 is 5.32 Å². The number of methoxy groups -OCH3 is 1. The first-order valence-electron chi connectivity index (χ1n) is 5.29. The Kier molecular flexibility index (Phi) is 5.44. The highest BCUT2D eigenvalue weighted by Gasteiger charge is 2.33. The number of carboxylic acids is 1. The smallest absolute Gasteiger partial charge is 0.305 e. The number of aliphatic carboxylic acids is 1. The molecule has 0 radical (unpaired) electrons. The molecule has 16 heavy (non-hydrogen) atoms. The highest BCUT2D eigenvalue weighted by atomic mass is 16.5. The number of hydrogen-bond donors (Lipinski definition) is 2.